The van der Waals surface area contributed by atoms with Gasteiger partial charge in [0.15, 0.2) is 5.96 Å². The molecule has 1 unspecified atom stereocenters. The quantitative estimate of drug-likeness (QED) is 0.513. The number of benzene rings is 1. The predicted octanol–water partition coefficient (Wildman–Crippen LogP) is 2.87. The van der Waals surface area contributed by atoms with Crippen LogP contribution >= 0.6 is 11.3 Å². The third kappa shape index (κ3) is 4.07. The summed E-state index contributed by atoms with van der Waals surface area (Å²) in [6.45, 7) is 1.09. The van der Waals surface area contributed by atoms with Crippen molar-refractivity contribution < 1.29 is 9.21 Å². The number of hydrogen-bond acceptors (Lipinski definition) is 5. The van der Waals surface area contributed by atoms with Crippen LogP contribution in [0.1, 0.15) is 12.1 Å². The fraction of sp³-hybridized carbons (Fsp3) is 0.250. The molecule has 3 heterocycles. The summed E-state index contributed by atoms with van der Waals surface area (Å²) in [5.74, 6) is 1.36. The number of carbonyl (C=O) groups is 1. The van der Waals surface area contributed by atoms with Crippen molar-refractivity contribution in [1.82, 2.24) is 15.6 Å². The van der Waals surface area contributed by atoms with Crippen molar-refractivity contribution in [2.45, 2.75) is 19.0 Å². The van der Waals surface area contributed by atoms with E-state index in [1.165, 1.54) is 0 Å². The lowest BCUT2D eigenvalue weighted by Gasteiger charge is -2.18. The van der Waals surface area contributed by atoms with E-state index in [2.05, 4.69) is 20.6 Å². The molecule has 0 radical (unpaired) electrons. The lowest BCUT2D eigenvalue weighted by atomic mass is 10.2. The van der Waals surface area contributed by atoms with Gasteiger partial charge in [0, 0.05) is 25.7 Å². The fourth-order valence-corrected chi connectivity index (χ4v) is 3.78. The van der Waals surface area contributed by atoms with Crippen molar-refractivity contribution in [3.8, 4) is 10.8 Å². The van der Waals surface area contributed by atoms with Crippen LogP contribution in [0.2, 0.25) is 0 Å². The van der Waals surface area contributed by atoms with E-state index < -0.39 is 0 Å². The zero-order valence-electron chi connectivity index (χ0n) is 15.5. The highest BCUT2D eigenvalue weighted by atomic mass is 32.1. The summed E-state index contributed by atoms with van der Waals surface area (Å²) in [6, 6.07) is 13.7. The number of aromatic nitrogens is 1. The van der Waals surface area contributed by atoms with Gasteiger partial charge in [0.05, 0.1) is 23.2 Å². The zero-order valence-corrected chi connectivity index (χ0v) is 16.3. The van der Waals surface area contributed by atoms with Gasteiger partial charge in [-0.25, -0.2) is 4.98 Å². The summed E-state index contributed by atoms with van der Waals surface area (Å²) >= 11 is 1.59. The van der Waals surface area contributed by atoms with Gasteiger partial charge in [0.25, 0.3) is 0 Å². The number of carbonyl (C=O) groups excluding carboxylic acids is 1. The number of guanidine groups is 1. The Morgan fingerprint density at radius 1 is 1.32 bits per heavy atom. The fourth-order valence-electron chi connectivity index (χ4n) is 3.13. The molecule has 0 saturated carbocycles. The molecule has 4 rings (SSSR count). The van der Waals surface area contributed by atoms with E-state index >= 15 is 0 Å². The summed E-state index contributed by atoms with van der Waals surface area (Å²) < 4.78 is 5.53. The van der Waals surface area contributed by atoms with Gasteiger partial charge in [-0.05, 0) is 23.6 Å². The zero-order chi connectivity index (χ0) is 19.3. The largest absolute Gasteiger partial charge is 0.443 e. The predicted molar refractivity (Wildman–Crippen MR) is 110 cm³/mol. The molecule has 1 fully saturated rings. The van der Waals surface area contributed by atoms with E-state index in [0.717, 1.165) is 16.3 Å². The first-order chi connectivity index (χ1) is 13.7. The smallest absolute Gasteiger partial charge is 0.236 e. The second-order valence-corrected chi connectivity index (χ2v) is 7.38. The third-order valence-corrected chi connectivity index (χ3v) is 5.34. The minimum atomic E-state index is -0.00195. The molecule has 1 saturated heterocycles. The van der Waals surface area contributed by atoms with Crippen LogP contribution in [0.4, 0.5) is 5.69 Å². The number of oxazole rings is 1. The second kappa shape index (κ2) is 8.26. The Morgan fingerprint density at radius 2 is 2.18 bits per heavy atom. The maximum atomic E-state index is 12.4. The molecule has 1 aliphatic heterocycles. The molecule has 3 aromatic rings. The van der Waals surface area contributed by atoms with Gasteiger partial charge in [-0.2, -0.15) is 0 Å². The Bertz CT molecular complexity index is 952. The first-order valence-corrected chi connectivity index (χ1v) is 9.92. The van der Waals surface area contributed by atoms with Crippen LogP contribution in [-0.4, -0.2) is 36.5 Å². The van der Waals surface area contributed by atoms with E-state index in [1.807, 2.05) is 47.8 Å². The highest BCUT2D eigenvalue weighted by molar-refractivity contribution is 7.13. The van der Waals surface area contributed by atoms with Crippen molar-refractivity contribution in [2.75, 3.05) is 18.5 Å². The Morgan fingerprint density at radius 3 is 2.93 bits per heavy atom. The van der Waals surface area contributed by atoms with Crippen molar-refractivity contribution in [1.29, 1.82) is 0 Å². The highest BCUT2D eigenvalue weighted by Gasteiger charge is 2.31. The Kier molecular flexibility index (Phi) is 5.38. The Labute approximate surface area is 167 Å². The molecule has 1 amide bonds. The molecule has 8 heteroatoms. The lowest BCUT2D eigenvalue weighted by Crippen LogP contribution is -2.44. The van der Waals surface area contributed by atoms with Crippen LogP contribution in [0.15, 0.2) is 63.5 Å². The molecule has 2 N–H and O–H groups in total. The molecule has 144 valence electrons. The molecule has 2 aromatic heterocycles. The molecular weight excluding hydrogens is 374 g/mol. The number of hydrogen-bond donors (Lipinski definition) is 2. The third-order valence-electron chi connectivity index (χ3n) is 4.48. The normalized spacial score (nSPS) is 17.2. The maximum absolute atomic E-state index is 12.4. The summed E-state index contributed by atoms with van der Waals surface area (Å²) in [5, 5.41) is 8.54. The van der Waals surface area contributed by atoms with Gasteiger partial charge in [0.2, 0.25) is 11.8 Å². The summed E-state index contributed by atoms with van der Waals surface area (Å²) in [4.78, 5) is 23.9. The van der Waals surface area contributed by atoms with Gasteiger partial charge in [-0.1, -0.05) is 24.3 Å². The number of nitrogens with zero attached hydrogens (tertiary/aromatic N) is 3. The van der Waals surface area contributed by atoms with Crippen LogP contribution in [0.5, 0.6) is 0 Å². The molecule has 28 heavy (non-hydrogen) atoms. The molecule has 0 aliphatic carbocycles. The Hall–Kier alpha value is -3.13. The van der Waals surface area contributed by atoms with E-state index in [-0.39, 0.29) is 11.9 Å². The molecule has 1 aromatic carbocycles. The number of nitrogens with one attached hydrogen (secondary N) is 2. The van der Waals surface area contributed by atoms with E-state index in [9.17, 15) is 4.79 Å². The molecule has 0 bridgehead atoms. The highest BCUT2D eigenvalue weighted by Crippen LogP contribution is 2.23. The van der Waals surface area contributed by atoms with Crippen molar-refractivity contribution in [2.24, 2.45) is 4.99 Å². The summed E-state index contributed by atoms with van der Waals surface area (Å²) in [5.41, 5.74) is 1.71. The topological polar surface area (TPSA) is 82.8 Å². The van der Waals surface area contributed by atoms with Gasteiger partial charge in [-0.3, -0.25) is 9.79 Å². The summed E-state index contributed by atoms with van der Waals surface area (Å²) in [6.07, 6.45) is 2.08. The first kappa shape index (κ1) is 18.2. The Balaban J connectivity index is 1.32. The van der Waals surface area contributed by atoms with Crippen LogP contribution in [0.25, 0.3) is 10.8 Å². The van der Waals surface area contributed by atoms with Crippen LogP contribution < -0.4 is 15.5 Å². The molecule has 0 spiro atoms. The standard InChI is InChI=1S/C20H21N5O2S/c1-21-20(22-11-15-13-27-19(23-15)17-8-5-9-28-17)24-14-10-18(26)25(12-14)16-6-3-2-4-7-16/h2-9,13-14H,10-12H2,1H3,(H2,21,22,24). The van der Waals surface area contributed by atoms with E-state index in [4.69, 9.17) is 4.42 Å². The maximum Gasteiger partial charge on any atom is 0.236 e. The lowest BCUT2D eigenvalue weighted by molar-refractivity contribution is -0.117. The second-order valence-electron chi connectivity index (χ2n) is 6.43. The van der Waals surface area contributed by atoms with Crippen molar-refractivity contribution in [3.05, 3.63) is 59.8 Å². The first-order valence-electron chi connectivity index (χ1n) is 9.04. The van der Waals surface area contributed by atoms with Crippen LogP contribution in [-0.2, 0) is 11.3 Å². The minimum absolute atomic E-state index is 0.00195. The number of anilines is 1. The van der Waals surface area contributed by atoms with Crippen LogP contribution in [0, 0.1) is 0 Å². The monoisotopic (exact) mass is 395 g/mol. The number of rotatable bonds is 5. The van der Waals surface area contributed by atoms with E-state index in [0.29, 0.717) is 31.4 Å². The average Bonchev–Trinajstić information content (AvgIpc) is 3.46. The van der Waals surface area contributed by atoms with Crippen molar-refractivity contribution in [3.63, 3.8) is 0 Å². The van der Waals surface area contributed by atoms with E-state index in [1.54, 1.807) is 29.5 Å². The van der Waals surface area contributed by atoms with Gasteiger partial charge < -0.3 is 20.0 Å². The molecule has 1 atom stereocenters. The molecule has 1 aliphatic rings. The summed E-state index contributed by atoms with van der Waals surface area (Å²) in [7, 11) is 1.71. The van der Waals surface area contributed by atoms with Gasteiger partial charge in [-0.15, -0.1) is 11.3 Å². The van der Waals surface area contributed by atoms with Gasteiger partial charge >= 0.3 is 0 Å². The SMILES string of the molecule is CN=C(NCc1coc(-c2cccs2)n1)NC1CC(=O)N(c2ccccc2)C1. The number of aliphatic imine (C=N–C) groups is 1. The molecular formula is C20H21N5O2S. The van der Waals surface area contributed by atoms with Gasteiger partial charge in [0.1, 0.15) is 6.26 Å². The number of thiophene rings is 1. The molecule has 7 nitrogen and oxygen atoms in total. The average molecular weight is 395 g/mol. The number of para-hydroxylation sites is 1. The van der Waals surface area contributed by atoms with Crippen LogP contribution in [0.3, 0.4) is 0 Å². The van der Waals surface area contributed by atoms with Crippen molar-refractivity contribution >= 4 is 28.9 Å². The minimum Gasteiger partial charge on any atom is -0.443 e. The number of amides is 1.